The summed E-state index contributed by atoms with van der Waals surface area (Å²) in [7, 11) is 3.05. The van der Waals surface area contributed by atoms with E-state index in [1.54, 1.807) is 23.5 Å². The van der Waals surface area contributed by atoms with Crippen LogP contribution in [0.25, 0.3) is 4.96 Å². The lowest BCUT2D eigenvalue weighted by molar-refractivity contribution is -0.389. The van der Waals surface area contributed by atoms with E-state index in [0.29, 0.717) is 23.7 Å². The SMILES string of the molecule is COC(=O)CCCN(C)c1nc2sccn2c1[N+](=O)[O-]. The van der Waals surface area contributed by atoms with Crippen molar-refractivity contribution in [1.82, 2.24) is 9.38 Å². The van der Waals surface area contributed by atoms with Gasteiger partial charge >= 0.3 is 11.8 Å². The molecule has 0 saturated carbocycles. The number of methoxy groups -OCH3 is 1. The van der Waals surface area contributed by atoms with E-state index < -0.39 is 4.92 Å². The number of thiazole rings is 1. The van der Waals surface area contributed by atoms with Crippen LogP contribution in [0.4, 0.5) is 11.6 Å². The summed E-state index contributed by atoms with van der Waals surface area (Å²) in [6, 6.07) is 0. The first-order valence-corrected chi connectivity index (χ1v) is 6.80. The van der Waals surface area contributed by atoms with Crippen LogP contribution in [-0.2, 0) is 9.53 Å². The minimum atomic E-state index is -0.446. The third-order valence-electron chi connectivity index (χ3n) is 2.86. The Kier molecular flexibility index (Phi) is 4.18. The average Bonchev–Trinajstić information content (AvgIpc) is 2.97. The Labute approximate surface area is 118 Å². The Hall–Kier alpha value is -2.16. The Morgan fingerprint density at radius 3 is 3.05 bits per heavy atom. The van der Waals surface area contributed by atoms with E-state index in [-0.39, 0.29) is 18.2 Å². The van der Waals surface area contributed by atoms with Gasteiger partial charge in [-0.05, 0) is 11.3 Å². The highest BCUT2D eigenvalue weighted by Crippen LogP contribution is 2.30. The van der Waals surface area contributed by atoms with Gasteiger partial charge in [-0.1, -0.05) is 11.3 Å². The molecule has 20 heavy (non-hydrogen) atoms. The van der Waals surface area contributed by atoms with Crippen LogP contribution in [0.2, 0.25) is 0 Å². The topological polar surface area (TPSA) is 90.0 Å². The lowest BCUT2D eigenvalue weighted by Gasteiger charge is -2.15. The van der Waals surface area contributed by atoms with E-state index in [9.17, 15) is 14.9 Å². The number of hydrogen-bond acceptors (Lipinski definition) is 7. The molecule has 0 bridgehead atoms. The number of nitro groups is 1. The molecule has 0 amide bonds. The summed E-state index contributed by atoms with van der Waals surface area (Å²) < 4.78 is 6.01. The van der Waals surface area contributed by atoms with Gasteiger partial charge in [-0.15, -0.1) is 0 Å². The predicted molar refractivity (Wildman–Crippen MR) is 74.2 cm³/mol. The fraction of sp³-hybridized carbons (Fsp3) is 0.455. The molecule has 0 atom stereocenters. The Balaban J connectivity index is 2.15. The molecule has 0 unspecified atom stereocenters. The van der Waals surface area contributed by atoms with Crippen LogP contribution in [0.1, 0.15) is 12.8 Å². The summed E-state index contributed by atoms with van der Waals surface area (Å²) >= 11 is 1.34. The molecule has 0 fully saturated rings. The first-order chi connectivity index (χ1) is 9.54. The second kappa shape index (κ2) is 5.87. The highest BCUT2D eigenvalue weighted by molar-refractivity contribution is 7.15. The van der Waals surface area contributed by atoms with Gasteiger partial charge in [0, 0.05) is 25.4 Å². The highest BCUT2D eigenvalue weighted by Gasteiger charge is 2.26. The number of fused-ring (bicyclic) bond motifs is 1. The number of esters is 1. The lowest BCUT2D eigenvalue weighted by Crippen LogP contribution is -2.21. The third-order valence-corrected chi connectivity index (χ3v) is 3.61. The number of rotatable bonds is 6. The van der Waals surface area contributed by atoms with Crippen LogP contribution in [0.5, 0.6) is 0 Å². The fourth-order valence-electron chi connectivity index (χ4n) is 1.86. The van der Waals surface area contributed by atoms with Crippen molar-refractivity contribution in [3.05, 3.63) is 21.7 Å². The number of aromatic nitrogens is 2. The molecule has 108 valence electrons. The van der Waals surface area contributed by atoms with Gasteiger partial charge in [0.25, 0.3) is 4.96 Å². The van der Waals surface area contributed by atoms with Crippen LogP contribution < -0.4 is 4.90 Å². The van der Waals surface area contributed by atoms with Crippen molar-refractivity contribution in [2.75, 3.05) is 25.6 Å². The molecule has 2 heterocycles. The van der Waals surface area contributed by atoms with Crippen molar-refractivity contribution in [3.8, 4) is 0 Å². The molecule has 2 aromatic rings. The Bertz CT molecular complexity index is 635. The smallest absolute Gasteiger partial charge is 0.373 e. The monoisotopic (exact) mass is 298 g/mol. The molecule has 9 heteroatoms. The normalized spacial score (nSPS) is 10.7. The van der Waals surface area contributed by atoms with E-state index in [2.05, 4.69) is 9.72 Å². The van der Waals surface area contributed by atoms with Crippen molar-refractivity contribution in [1.29, 1.82) is 0 Å². The molecule has 0 spiro atoms. The molecule has 0 aromatic carbocycles. The van der Waals surface area contributed by atoms with Crippen molar-refractivity contribution in [2.45, 2.75) is 12.8 Å². The van der Waals surface area contributed by atoms with Gasteiger partial charge in [-0.25, -0.2) is 0 Å². The number of anilines is 1. The molecule has 2 rings (SSSR count). The summed E-state index contributed by atoms with van der Waals surface area (Å²) in [6.45, 7) is 0.487. The zero-order valence-electron chi connectivity index (χ0n) is 11.1. The minimum absolute atomic E-state index is 0.0539. The molecule has 0 radical (unpaired) electrons. The van der Waals surface area contributed by atoms with Gasteiger partial charge in [-0.2, -0.15) is 9.38 Å². The molecule has 0 saturated heterocycles. The van der Waals surface area contributed by atoms with E-state index in [1.807, 2.05) is 0 Å². The fourth-order valence-corrected chi connectivity index (χ4v) is 2.56. The summed E-state index contributed by atoms with van der Waals surface area (Å²) in [4.78, 5) is 28.3. The van der Waals surface area contributed by atoms with Gasteiger partial charge in [0.2, 0.25) is 5.82 Å². The Morgan fingerprint density at radius 1 is 1.65 bits per heavy atom. The first kappa shape index (κ1) is 14.3. The largest absolute Gasteiger partial charge is 0.469 e. The van der Waals surface area contributed by atoms with E-state index in [1.165, 1.54) is 22.8 Å². The van der Waals surface area contributed by atoms with Crippen LogP contribution in [0.15, 0.2) is 11.6 Å². The summed E-state index contributed by atoms with van der Waals surface area (Å²) in [5.41, 5.74) is 0. The number of ether oxygens (including phenoxy) is 1. The van der Waals surface area contributed by atoms with E-state index >= 15 is 0 Å². The highest BCUT2D eigenvalue weighted by atomic mass is 32.1. The summed E-state index contributed by atoms with van der Waals surface area (Å²) in [5.74, 6) is -0.0349. The lowest BCUT2D eigenvalue weighted by atomic mass is 10.3. The van der Waals surface area contributed by atoms with Gasteiger partial charge in [-0.3, -0.25) is 4.79 Å². The predicted octanol–water partition coefficient (Wildman–Crippen LogP) is 1.69. The second-order valence-corrected chi connectivity index (χ2v) is 5.05. The number of carbonyl (C=O) groups is 1. The molecule has 2 aromatic heterocycles. The quantitative estimate of drug-likeness (QED) is 0.458. The summed E-state index contributed by atoms with van der Waals surface area (Å²) in [6.07, 6.45) is 2.44. The number of carbonyl (C=O) groups excluding carboxylic acids is 1. The maximum atomic E-state index is 11.2. The van der Waals surface area contributed by atoms with Crippen LogP contribution in [0, 0.1) is 10.1 Å². The average molecular weight is 298 g/mol. The molecular formula is C11H14N4O4S. The molecule has 8 nitrogen and oxygen atoms in total. The van der Waals surface area contributed by atoms with Crippen LogP contribution in [-0.4, -0.2) is 41.0 Å². The number of imidazole rings is 1. The van der Waals surface area contributed by atoms with Crippen LogP contribution >= 0.6 is 11.3 Å². The third kappa shape index (κ3) is 2.72. The molecule has 0 aliphatic carbocycles. The van der Waals surface area contributed by atoms with Crippen molar-refractivity contribution in [2.24, 2.45) is 0 Å². The molecule has 0 aliphatic rings. The maximum absolute atomic E-state index is 11.2. The first-order valence-electron chi connectivity index (χ1n) is 5.92. The standard InChI is InChI=1S/C11H14N4O4S/c1-13(5-3-4-8(16)19-2)9-10(15(17)18)14-6-7-20-11(14)12-9/h6-7H,3-5H2,1-2H3. The number of nitrogens with zero attached hydrogens (tertiary/aromatic N) is 4. The van der Waals surface area contributed by atoms with Crippen molar-refractivity contribution >= 4 is 33.9 Å². The maximum Gasteiger partial charge on any atom is 0.373 e. The second-order valence-electron chi connectivity index (χ2n) is 4.17. The van der Waals surface area contributed by atoms with Gasteiger partial charge in [0.05, 0.1) is 7.11 Å². The zero-order valence-corrected chi connectivity index (χ0v) is 11.9. The summed E-state index contributed by atoms with van der Waals surface area (Å²) in [5, 5.41) is 12.9. The molecular weight excluding hydrogens is 284 g/mol. The van der Waals surface area contributed by atoms with E-state index in [0.717, 1.165) is 0 Å². The Morgan fingerprint density at radius 2 is 2.40 bits per heavy atom. The molecule has 0 N–H and O–H groups in total. The van der Waals surface area contributed by atoms with E-state index in [4.69, 9.17) is 0 Å². The van der Waals surface area contributed by atoms with Gasteiger partial charge in [0.1, 0.15) is 6.20 Å². The minimum Gasteiger partial charge on any atom is -0.469 e. The zero-order chi connectivity index (χ0) is 14.7. The van der Waals surface area contributed by atoms with Crippen molar-refractivity contribution < 1.29 is 14.5 Å². The van der Waals surface area contributed by atoms with Gasteiger partial charge < -0.3 is 19.8 Å². The molecule has 0 aliphatic heterocycles. The van der Waals surface area contributed by atoms with Gasteiger partial charge in [0.15, 0.2) is 0 Å². The van der Waals surface area contributed by atoms with Crippen LogP contribution in [0.3, 0.4) is 0 Å². The van der Waals surface area contributed by atoms with Crippen molar-refractivity contribution in [3.63, 3.8) is 0 Å². The number of hydrogen-bond donors (Lipinski definition) is 0.